The Balaban J connectivity index is 0.00000216. The van der Waals surface area contributed by atoms with E-state index in [0.717, 1.165) is 51.4 Å². The van der Waals surface area contributed by atoms with Crippen molar-refractivity contribution in [3.05, 3.63) is 69.2 Å². The zero-order valence-corrected chi connectivity index (χ0v) is 21.7. The first kappa shape index (κ1) is 28.8. The van der Waals surface area contributed by atoms with Gasteiger partial charge in [-0.05, 0) is 77.7 Å². The van der Waals surface area contributed by atoms with Crippen molar-refractivity contribution in [2.24, 2.45) is 0 Å². The maximum atomic E-state index is 11.2. The number of halogens is 2. The largest absolute Gasteiger partial charge is 0.490 e. The Morgan fingerprint density at radius 1 is 1.23 bits per heavy atom. The fourth-order valence-corrected chi connectivity index (χ4v) is 4.42. The van der Waals surface area contributed by atoms with Crippen LogP contribution in [0.25, 0.3) is 6.08 Å². The van der Waals surface area contributed by atoms with E-state index in [0.29, 0.717) is 31.9 Å². The van der Waals surface area contributed by atoms with Gasteiger partial charge in [0, 0.05) is 36.8 Å². The van der Waals surface area contributed by atoms with E-state index in [4.69, 9.17) is 14.2 Å². The van der Waals surface area contributed by atoms with Crippen LogP contribution in [0.15, 0.2) is 58.1 Å². The molecule has 0 aromatic heterocycles. The summed E-state index contributed by atoms with van der Waals surface area (Å²) >= 11 is 3.56. The summed E-state index contributed by atoms with van der Waals surface area (Å²) in [5, 5.41) is 9.24. The molecule has 35 heavy (non-hydrogen) atoms. The van der Waals surface area contributed by atoms with Gasteiger partial charge in [0.25, 0.3) is 0 Å². The maximum absolute atomic E-state index is 11.2. The Morgan fingerprint density at radius 2 is 2.03 bits per heavy atom. The molecule has 0 fully saturated rings. The van der Waals surface area contributed by atoms with Gasteiger partial charge < -0.3 is 19.3 Å². The molecule has 0 bridgehead atoms. The summed E-state index contributed by atoms with van der Waals surface area (Å²) in [7, 11) is 0. The number of carboxylic acid groups (broad SMARTS) is 1. The predicted octanol–water partition coefficient (Wildman–Crippen LogP) is 6.37. The van der Waals surface area contributed by atoms with Crippen LogP contribution in [0.2, 0.25) is 0 Å². The topological polar surface area (TPSA) is 68.2 Å². The minimum absolute atomic E-state index is 0. The highest BCUT2D eigenvalue weighted by Crippen LogP contribution is 2.32. The number of fused-ring (bicyclic) bond motifs is 1. The second kappa shape index (κ2) is 13.0. The molecule has 6 nitrogen and oxygen atoms in total. The summed E-state index contributed by atoms with van der Waals surface area (Å²) in [6.07, 6.45) is 4.82. The molecule has 0 saturated heterocycles. The van der Waals surface area contributed by atoms with Crippen LogP contribution in [-0.2, 0) is 11.4 Å². The SMILES string of the molecule is C.CC(C)Oc1ccc(COc2ccc3c(c2)OCC(CN2CCC=C(C(=O)O)C2)=C3)cc1Br.Cl. The lowest BCUT2D eigenvalue weighted by molar-refractivity contribution is -0.133. The first-order valence-corrected chi connectivity index (χ1v) is 11.9. The molecule has 190 valence electrons. The van der Waals surface area contributed by atoms with E-state index in [2.05, 4.69) is 26.9 Å². The number of rotatable bonds is 8. The lowest BCUT2D eigenvalue weighted by atomic mass is 10.0. The van der Waals surface area contributed by atoms with Gasteiger partial charge in [-0.25, -0.2) is 4.79 Å². The molecule has 0 saturated carbocycles. The minimum Gasteiger partial charge on any atom is -0.490 e. The van der Waals surface area contributed by atoms with Crippen molar-refractivity contribution in [3.8, 4) is 17.2 Å². The number of nitrogens with zero attached hydrogens (tertiary/aromatic N) is 1. The first-order valence-electron chi connectivity index (χ1n) is 11.1. The highest BCUT2D eigenvalue weighted by atomic mass is 79.9. The summed E-state index contributed by atoms with van der Waals surface area (Å²) in [5.74, 6) is 1.52. The molecule has 0 atom stereocenters. The van der Waals surface area contributed by atoms with Crippen molar-refractivity contribution in [2.45, 2.75) is 40.4 Å². The van der Waals surface area contributed by atoms with Crippen LogP contribution in [0, 0.1) is 0 Å². The van der Waals surface area contributed by atoms with Crippen LogP contribution in [0.3, 0.4) is 0 Å². The van der Waals surface area contributed by atoms with Crippen LogP contribution in [0.1, 0.15) is 38.8 Å². The van der Waals surface area contributed by atoms with Crippen LogP contribution in [0.5, 0.6) is 17.2 Å². The molecule has 4 rings (SSSR count). The molecular weight excluding hydrogens is 534 g/mol. The zero-order chi connectivity index (χ0) is 23.4. The quantitative estimate of drug-likeness (QED) is 0.401. The highest BCUT2D eigenvalue weighted by molar-refractivity contribution is 9.10. The number of benzene rings is 2. The average molecular weight is 567 g/mol. The molecule has 2 aliphatic heterocycles. The van der Waals surface area contributed by atoms with Crippen LogP contribution in [-0.4, -0.2) is 48.3 Å². The Kier molecular flexibility index (Phi) is 10.7. The maximum Gasteiger partial charge on any atom is 0.332 e. The van der Waals surface area contributed by atoms with Gasteiger partial charge in [-0.1, -0.05) is 19.6 Å². The number of ether oxygens (including phenoxy) is 3. The second-order valence-corrected chi connectivity index (χ2v) is 9.40. The summed E-state index contributed by atoms with van der Waals surface area (Å²) in [6.45, 7) is 6.95. The van der Waals surface area contributed by atoms with Crippen molar-refractivity contribution in [1.29, 1.82) is 0 Å². The molecule has 2 heterocycles. The Morgan fingerprint density at radius 3 is 2.74 bits per heavy atom. The summed E-state index contributed by atoms with van der Waals surface area (Å²) in [4.78, 5) is 13.4. The molecule has 2 aromatic rings. The average Bonchev–Trinajstić information content (AvgIpc) is 2.79. The number of carbonyl (C=O) groups is 1. The van der Waals surface area contributed by atoms with Gasteiger partial charge in [-0.15, -0.1) is 12.4 Å². The lowest BCUT2D eigenvalue weighted by Crippen LogP contribution is -2.34. The number of aliphatic carboxylic acids is 1. The van der Waals surface area contributed by atoms with Crippen LogP contribution < -0.4 is 14.2 Å². The molecule has 0 amide bonds. The van der Waals surface area contributed by atoms with Gasteiger partial charge in [-0.3, -0.25) is 4.90 Å². The van der Waals surface area contributed by atoms with Gasteiger partial charge in [0.2, 0.25) is 0 Å². The smallest absolute Gasteiger partial charge is 0.332 e. The second-order valence-electron chi connectivity index (χ2n) is 8.54. The number of carboxylic acids is 1. The Hall–Kier alpha value is -2.48. The molecule has 0 radical (unpaired) electrons. The summed E-state index contributed by atoms with van der Waals surface area (Å²) in [6, 6.07) is 11.8. The molecule has 1 N–H and O–H groups in total. The monoisotopic (exact) mass is 565 g/mol. The van der Waals surface area contributed by atoms with Gasteiger partial charge in [0.05, 0.1) is 10.6 Å². The van der Waals surface area contributed by atoms with E-state index in [-0.39, 0.29) is 25.9 Å². The number of hydrogen-bond acceptors (Lipinski definition) is 5. The molecule has 8 heteroatoms. The van der Waals surface area contributed by atoms with Crippen molar-refractivity contribution >= 4 is 40.4 Å². The standard InChI is InChI=1S/C26H28BrNO5.CH4.ClH/c1-17(2)33-24-8-5-18(11-23(24)27)15-31-22-7-6-20-10-19(16-32-25(20)12-22)13-28-9-3-4-21(14-28)26(29)30;;/h4-8,10-12,17H,3,9,13-16H2,1-2H3,(H,29,30);1H4;1H. The van der Waals surface area contributed by atoms with Crippen LogP contribution >= 0.6 is 28.3 Å². The van der Waals surface area contributed by atoms with E-state index in [9.17, 15) is 9.90 Å². The van der Waals surface area contributed by atoms with Crippen molar-refractivity contribution in [1.82, 2.24) is 4.90 Å². The predicted molar refractivity (Wildman–Crippen MR) is 145 cm³/mol. The molecule has 0 spiro atoms. The highest BCUT2D eigenvalue weighted by Gasteiger charge is 2.20. The van der Waals surface area contributed by atoms with Crippen molar-refractivity contribution in [3.63, 3.8) is 0 Å². The van der Waals surface area contributed by atoms with Crippen LogP contribution in [0.4, 0.5) is 0 Å². The Bertz CT molecular complexity index is 1100. The molecule has 2 aliphatic rings. The fourth-order valence-electron chi connectivity index (χ4n) is 3.91. The normalized spacial score (nSPS) is 15.0. The van der Waals surface area contributed by atoms with E-state index >= 15 is 0 Å². The Labute approximate surface area is 222 Å². The van der Waals surface area contributed by atoms with Gasteiger partial charge in [-0.2, -0.15) is 0 Å². The van der Waals surface area contributed by atoms with E-state index in [1.807, 2.05) is 56.3 Å². The first-order chi connectivity index (χ1) is 15.9. The van der Waals surface area contributed by atoms with Gasteiger partial charge in [0.1, 0.15) is 30.5 Å². The third-order valence-corrected chi connectivity index (χ3v) is 6.07. The molecule has 0 aliphatic carbocycles. The molecule has 2 aromatic carbocycles. The summed E-state index contributed by atoms with van der Waals surface area (Å²) in [5.41, 5.74) is 3.65. The van der Waals surface area contributed by atoms with E-state index in [1.165, 1.54) is 0 Å². The van der Waals surface area contributed by atoms with Gasteiger partial charge >= 0.3 is 5.97 Å². The minimum atomic E-state index is -0.835. The zero-order valence-electron chi connectivity index (χ0n) is 19.3. The van der Waals surface area contributed by atoms with Crippen molar-refractivity contribution in [2.75, 3.05) is 26.2 Å². The van der Waals surface area contributed by atoms with E-state index < -0.39 is 5.97 Å². The fraction of sp³-hybridized carbons (Fsp3) is 0.370. The molecule has 0 unspecified atom stereocenters. The third-order valence-electron chi connectivity index (χ3n) is 5.45. The number of hydrogen-bond donors (Lipinski definition) is 1. The summed E-state index contributed by atoms with van der Waals surface area (Å²) < 4.78 is 18.6. The van der Waals surface area contributed by atoms with Gasteiger partial charge in [0.15, 0.2) is 0 Å². The van der Waals surface area contributed by atoms with Crippen molar-refractivity contribution < 1.29 is 24.1 Å². The molecular formula is C27H33BrClNO5. The lowest BCUT2D eigenvalue weighted by Gasteiger charge is -2.28. The third kappa shape index (κ3) is 7.75. The van der Waals surface area contributed by atoms with E-state index in [1.54, 1.807) is 0 Å².